The number of fused-ring (bicyclic) bond motifs is 1. The highest BCUT2D eigenvalue weighted by Gasteiger charge is 2.39. The molecule has 204 valence electrons. The number of unbranched alkanes of at least 4 members (excludes halogenated alkanes) is 1. The molecule has 0 saturated carbocycles. The minimum absolute atomic E-state index is 0.0815. The lowest BCUT2D eigenvalue weighted by molar-refractivity contribution is -0.162. The van der Waals surface area contributed by atoms with Crippen LogP contribution in [0.3, 0.4) is 0 Å². The summed E-state index contributed by atoms with van der Waals surface area (Å²) in [4.78, 5) is 33.9. The molecule has 0 spiro atoms. The first-order valence-electron chi connectivity index (χ1n) is 11.6. The van der Waals surface area contributed by atoms with Gasteiger partial charge in [-0.2, -0.15) is 31.3 Å². The second-order valence-corrected chi connectivity index (χ2v) is 8.83. The van der Waals surface area contributed by atoms with E-state index in [4.69, 9.17) is 4.74 Å². The number of nitrogens with zero attached hydrogens (tertiary/aromatic N) is 5. The molecule has 0 fully saturated rings. The third kappa shape index (κ3) is 5.38. The van der Waals surface area contributed by atoms with E-state index in [0.717, 1.165) is 33.5 Å². The number of rotatable bonds is 7. The summed E-state index contributed by atoms with van der Waals surface area (Å²) in [5.74, 6) is -1.89. The van der Waals surface area contributed by atoms with Gasteiger partial charge in [-0.1, -0.05) is 31.6 Å². The maximum Gasteiger partial charge on any atom is 0.433 e. The second-order valence-electron chi connectivity index (χ2n) is 8.83. The Morgan fingerprint density at radius 2 is 1.84 bits per heavy atom. The van der Waals surface area contributed by atoms with Crippen LogP contribution in [0.5, 0.6) is 6.01 Å². The van der Waals surface area contributed by atoms with E-state index in [-0.39, 0.29) is 41.6 Å². The van der Waals surface area contributed by atoms with Crippen LogP contribution in [0.1, 0.15) is 37.4 Å². The average Bonchev–Trinajstić information content (AvgIpc) is 3.20. The Kier molecular flexibility index (Phi) is 7.26. The Bertz CT molecular complexity index is 1510. The van der Waals surface area contributed by atoms with Crippen molar-refractivity contribution in [2.24, 2.45) is 13.0 Å². The first-order valence-corrected chi connectivity index (χ1v) is 11.6. The molecule has 1 unspecified atom stereocenters. The van der Waals surface area contributed by atoms with E-state index < -0.39 is 41.6 Å². The van der Waals surface area contributed by atoms with Crippen molar-refractivity contribution >= 4 is 11.2 Å². The van der Waals surface area contributed by atoms with Gasteiger partial charge in [-0.3, -0.25) is 23.5 Å². The summed E-state index contributed by atoms with van der Waals surface area (Å²) < 4.78 is 87.8. The van der Waals surface area contributed by atoms with E-state index >= 15 is 0 Å². The van der Waals surface area contributed by atoms with Gasteiger partial charge in [0.2, 0.25) is 0 Å². The highest BCUT2D eigenvalue weighted by atomic mass is 19.4. The maximum atomic E-state index is 13.4. The topological polar surface area (TPSA) is 83.9 Å². The summed E-state index contributed by atoms with van der Waals surface area (Å²) in [6, 6.07) is 1.64. The molecule has 4 rings (SSSR count). The second kappa shape index (κ2) is 10.1. The van der Waals surface area contributed by atoms with Crippen molar-refractivity contribution < 1.29 is 31.1 Å². The SMILES string of the molecule is CCCCn1c(=O)c2c(nc(OC3=CC=CC(C(F)(F)F)C3)n2Cc2ccc(C(F)(F)F)nc2)n(C)c1=O. The molecule has 0 N–H and O–H groups in total. The van der Waals surface area contributed by atoms with E-state index in [2.05, 4.69) is 9.97 Å². The maximum absolute atomic E-state index is 13.4. The van der Waals surface area contributed by atoms with Gasteiger partial charge < -0.3 is 4.74 Å². The van der Waals surface area contributed by atoms with Gasteiger partial charge in [0.25, 0.3) is 5.56 Å². The smallest absolute Gasteiger partial charge is 0.430 e. The molecule has 1 atom stereocenters. The van der Waals surface area contributed by atoms with Gasteiger partial charge >= 0.3 is 24.1 Å². The van der Waals surface area contributed by atoms with Crippen molar-refractivity contribution in [2.75, 3.05) is 0 Å². The average molecular weight is 543 g/mol. The number of aromatic nitrogens is 5. The van der Waals surface area contributed by atoms with Crippen molar-refractivity contribution in [1.29, 1.82) is 0 Å². The molecule has 0 amide bonds. The quantitative estimate of drug-likeness (QED) is 0.408. The number of hydrogen-bond acceptors (Lipinski definition) is 5. The number of alkyl halides is 6. The van der Waals surface area contributed by atoms with Crippen LogP contribution in [0.25, 0.3) is 11.2 Å². The third-order valence-corrected chi connectivity index (χ3v) is 6.08. The molecule has 3 aromatic heterocycles. The number of hydrogen-bond donors (Lipinski definition) is 0. The Hall–Kier alpha value is -3.84. The van der Waals surface area contributed by atoms with Crippen molar-refractivity contribution in [3.8, 4) is 6.01 Å². The standard InChI is InChI=1S/C24H23F6N5O3/c1-3-4-10-34-20(36)18-19(33(2)22(34)37)32-21(38-16-7-5-6-15(11-16)23(25,26)27)35(18)13-14-8-9-17(31-12-14)24(28,29)30/h5-9,12,15H,3-4,10-11,13H2,1-2H3. The van der Waals surface area contributed by atoms with Crippen molar-refractivity contribution in [2.45, 2.75) is 51.6 Å². The number of ether oxygens (including phenoxy) is 1. The summed E-state index contributed by atoms with van der Waals surface area (Å²) in [6.45, 7) is 1.75. The van der Waals surface area contributed by atoms with Gasteiger partial charge in [-0.15, -0.1) is 0 Å². The van der Waals surface area contributed by atoms with Crippen LogP contribution in [-0.2, 0) is 26.3 Å². The third-order valence-electron chi connectivity index (χ3n) is 6.08. The first-order chi connectivity index (χ1) is 17.8. The van der Waals surface area contributed by atoms with Gasteiger partial charge in [-0.25, -0.2) is 4.79 Å². The van der Waals surface area contributed by atoms with Crippen LogP contribution < -0.4 is 16.0 Å². The van der Waals surface area contributed by atoms with Crippen LogP contribution in [0.15, 0.2) is 51.9 Å². The lowest BCUT2D eigenvalue weighted by Gasteiger charge is -2.21. The molecule has 8 nitrogen and oxygen atoms in total. The van der Waals surface area contributed by atoms with E-state index in [1.165, 1.54) is 23.8 Å². The highest BCUT2D eigenvalue weighted by Crippen LogP contribution is 2.35. The zero-order chi connectivity index (χ0) is 27.8. The van der Waals surface area contributed by atoms with Crippen LogP contribution in [0, 0.1) is 5.92 Å². The highest BCUT2D eigenvalue weighted by molar-refractivity contribution is 5.72. The zero-order valence-electron chi connectivity index (χ0n) is 20.3. The lowest BCUT2D eigenvalue weighted by atomic mass is 9.99. The molecule has 3 aromatic rings. The van der Waals surface area contributed by atoms with Crippen molar-refractivity contribution in [1.82, 2.24) is 23.7 Å². The van der Waals surface area contributed by atoms with E-state index in [9.17, 15) is 35.9 Å². The molecule has 0 radical (unpaired) electrons. The van der Waals surface area contributed by atoms with Gasteiger partial charge in [0.15, 0.2) is 11.2 Å². The van der Waals surface area contributed by atoms with Crippen LogP contribution >= 0.6 is 0 Å². The van der Waals surface area contributed by atoms with Gasteiger partial charge in [0.05, 0.1) is 12.5 Å². The van der Waals surface area contributed by atoms with E-state index in [1.807, 2.05) is 6.92 Å². The fourth-order valence-corrected chi connectivity index (χ4v) is 4.03. The molecule has 1 aliphatic carbocycles. The summed E-state index contributed by atoms with van der Waals surface area (Å²) >= 11 is 0. The normalized spacial score (nSPS) is 16.2. The lowest BCUT2D eigenvalue weighted by Crippen LogP contribution is -2.39. The number of aryl methyl sites for hydroxylation is 1. The first kappa shape index (κ1) is 27.2. The Labute approximate surface area is 211 Å². The zero-order valence-corrected chi connectivity index (χ0v) is 20.3. The Morgan fingerprint density at radius 3 is 2.45 bits per heavy atom. The van der Waals surface area contributed by atoms with Gasteiger partial charge in [0.1, 0.15) is 11.5 Å². The summed E-state index contributed by atoms with van der Waals surface area (Å²) in [5.41, 5.74) is -2.39. The number of allylic oxidation sites excluding steroid dienone is 4. The molecule has 3 heterocycles. The number of halogens is 6. The fourth-order valence-electron chi connectivity index (χ4n) is 4.03. The van der Waals surface area contributed by atoms with Gasteiger partial charge in [0, 0.05) is 26.2 Å². The van der Waals surface area contributed by atoms with Crippen molar-refractivity contribution in [3.63, 3.8) is 0 Å². The molecule has 0 aliphatic heterocycles. The molecule has 0 aromatic carbocycles. The molecule has 0 bridgehead atoms. The van der Waals surface area contributed by atoms with Gasteiger partial charge in [-0.05, 0) is 24.1 Å². The largest absolute Gasteiger partial charge is 0.433 e. The Morgan fingerprint density at radius 1 is 1.11 bits per heavy atom. The van der Waals surface area contributed by atoms with E-state index in [0.29, 0.717) is 12.8 Å². The van der Waals surface area contributed by atoms with Crippen molar-refractivity contribution in [3.05, 3.63) is 74.4 Å². The van der Waals surface area contributed by atoms with E-state index in [1.54, 1.807) is 0 Å². The molecular weight excluding hydrogens is 520 g/mol. The molecule has 38 heavy (non-hydrogen) atoms. The summed E-state index contributed by atoms with van der Waals surface area (Å²) in [6.07, 6.45) is -4.00. The van der Waals surface area contributed by atoms with Crippen LogP contribution in [-0.4, -0.2) is 29.8 Å². The molecule has 0 saturated heterocycles. The summed E-state index contributed by atoms with van der Waals surface area (Å²) in [7, 11) is 1.38. The minimum atomic E-state index is -4.66. The number of imidazole rings is 1. The van der Waals surface area contributed by atoms with Crippen LogP contribution in [0.2, 0.25) is 0 Å². The monoisotopic (exact) mass is 543 g/mol. The molecule has 1 aliphatic rings. The fraction of sp³-hybridized carbons (Fsp3) is 0.417. The predicted octanol–water partition coefficient (Wildman–Crippen LogP) is 4.56. The summed E-state index contributed by atoms with van der Waals surface area (Å²) in [5, 5.41) is 0. The van der Waals surface area contributed by atoms with Crippen LogP contribution in [0.4, 0.5) is 26.3 Å². The minimum Gasteiger partial charge on any atom is -0.430 e. The number of pyridine rings is 1. The predicted molar refractivity (Wildman–Crippen MR) is 124 cm³/mol. The Balaban J connectivity index is 1.84. The molecule has 14 heteroatoms. The molecular formula is C24H23F6N5O3.